The summed E-state index contributed by atoms with van der Waals surface area (Å²) in [6.07, 6.45) is 3.89. The van der Waals surface area contributed by atoms with Gasteiger partial charge in [-0.15, -0.1) is 11.3 Å². The molecule has 112 valence electrons. The Morgan fingerprint density at radius 1 is 1.24 bits per heavy atom. The molecule has 3 heteroatoms. The molecular weight excluding hydrogens is 278 g/mol. The normalized spacial score (nSPS) is 20.8. The molecule has 0 aliphatic heterocycles. The molecule has 1 aromatic carbocycles. The maximum absolute atomic E-state index is 10.2. The molecule has 1 aliphatic carbocycles. The minimum atomic E-state index is -0.344. The first-order valence-electron chi connectivity index (χ1n) is 7.76. The Balaban J connectivity index is 1.53. The lowest BCUT2D eigenvalue weighted by Crippen LogP contribution is -2.40. The summed E-state index contributed by atoms with van der Waals surface area (Å²) in [7, 11) is 0. The molecule has 0 amide bonds. The molecule has 1 aromatic heterocycles. The average molecular weight is 301 g/mol. The molecule has 1 heterocycles. The molecule has 1 aliphatic rings. The average Bonchev–Trinajstić information content (AvgIpc) is 3.01. The number of benzene rings is 1. The molecule has 0 saturated heterocycles. The first-order valence-corrected chi connectivity index (χ1v) is 8.64. The van der Waals surface area contributed by atoms with E-state index in [1.165, 1.54) is 17.5 Å². The zero-order valence-electron chi connectivity index (χ0n) is 12.5. The number of aryl methyl sites for hydroxylation is 1. The standard InChI is InChI=1S/C18H23NOS/c1-13(11-17(20)18-7-4-10-21-18)19-16-9-8-14-5-2-3-6-15(14)12-16/h2-7,10,13,16-17,19-20H,8-9,11-12H2,1H3. The van der Waals surface area contributed by atoms with Gasteiger partial charge >= 0.3 is 0 Å². The van der Waals surface area contributed by atoms with Gasteiger partial charge in [-0.1, -0.05) is 30.3 Å². The number of rotatable bonds is 5. The monoisotopic (exact) mass is 301 g/mol. The van der Waals surface area contributed by atoms with Crippen molar-refractivity contribution in [2.24, 2.45) is 0 Å². The van der Waals surface area contributed by atoms with Crippen LogP contribution >= 0.6 is 11.3 Å². The first-order chi connectivity index (χ1) is 10.2. The topological polar surface area (TPSA) is 32.3 Å². The smallest absolute Gasteiger partial charge is 0.0896 e. The molecule has 0 saturated carbocycles. The second-order valence-corrected chi connectivity index (χ2v) is 7.02. The Bertz CT molecular complexity index is 566. The van der Waals surface area contributed by atoms with Crippen molar-refractivity contribution in [1.29, 1.82) is 0 Å². The molecule has 3 atom stereocenters. The highest BCUT2D eigenvalue weighted by molar-refractivity contribution is 7.10. The number of aliphatic hydroxyl groups excluding tert-OH is 1. The molecule has 2 nitrogen and oxygen atoms in total. The van der Waals surface area contributed by atoms with Crippen molar-refractivity contribution in [1.82, 2.24) is 5.32 Å². The summed E-state index contributed by atoms with van der Waals surface area (Å²) >= 11 is 1.63. The third kappa shape index (κ3) is 3.73. The van der Waals surface area contributed by atoms with E-state index in [1.807, 2.05) is 17.5 Å². The number of aliphatic hydroxyl groups is 1. The van der Waals surface area contributed by atoms with Gasteiger partial charge in [0.25, 0.3) is 0 Å². The van der Waals surface area contributed by atoms with Gasteiger partial charge in [0, 0.05) is 17.0 Å². The highest BCUT2D eigenvalue weighted by Crippen LogP contribution is 2.25. The fourth-order valence-electron chi connectivity index (χ4n) is 3.24. The van der Waals surface area contributed by atoms with E-state index in [1.54, 1.807) is 11.3 Å². The highest BCUT2D eigenvalue weighted by Gasteiger charge is 2.21. The summed E-state index contributed by atoms with van der Waals surface area (Å²) in [5, 5.41) is 16.0. The van der Waals surface area contributed by atoms with Crippen LogP contribution in [0.5, 0.6) is 0 Å². The van der Waals surface area contributed by atoms with Crippen molar-refractivity contribution in [2.45, 2.75) is 50.8 Å². The van der Waals surface area contributed by atoms with Crippen molar-refractivity contribution < 1.29 is 5.11 Å². The quantitative estimate of drug-likeness (QED) is 0.882. The molecule has 0 radical (unpaired) electrons. The lowest BCUT2D eigenvalue weighted by atomic mass is 9.88. The minimum Gasteiger partial charge on any atom is -0.388 e. The van der Waals surface area contributed by atoms with E-state index in [-0.39, 0.29) is 6.10 Å². The van der Waals surface area contributed by atoms with Crippen LogP contribution in [0.25, 0.3) is 0 Å². The summed E-state index contributed by atoms with van der Waals surface area (Å²) in [5.41, 5.74) is 2.98. The maximum Gasteiger partial charge on any atom is 0.0896 e. The number of hydrogen-bond donors (Lipinski definition) is 2. The van der Waals surface area contributed by atoms with Crippen LogP contribution in [-0.4, -0.2) is 17.2 Å². The fourth-order valence-corrected chi connectivity index (χ4v) is 3.97. The molecule has 0 fully saturated rings. The van der Waals surface area contributed by atoms with Gasteiger partial charge in [0.2, 0.25) is 0 Å². The number of fused-ring (bicyclic) bond motifs is 1. The van der Waals surface area contributed by atoms with E-state index in [0.717, 1.165) is 24.1 Å². The summed E-state index contributed by atoms with van der Waals surface area (Å²) in [6.45, 7) is 2.18. The van der Waals surface area contributed by atoms with Crippen LogP contribution in [0.2, 0.25) is 0 Å². The van der Waals surface area contributed by atoms with Gasteiger partial charge in [-0.2, -0.15) is 0 Å². The molecule has 3 unspecified atom stereocenters. The van der Waals surface area contributed by atoms with Gasteiger partial charge in [0.15, 0.2) is 0 Å². The molecule has 2 N–H and O–H groups in total. The Hall–Kier alpha value is -1.16. The van der Waals surface area contributed by atoms with Crippen LogP contribution in [0, 0.1) is 0 Å². The van der Waals surface area contributed by atoms with E-state index in [0.29, 0.717) is 12.1 Å². The van der Waals surface area contributed by atoms with Crippen LogP contribution in [0.15, 0.2) is 41.8 Å². The first kappa shape index (κ1) is 14.8. The molecular formula is C18H23NOS. The third-order valence-electron chi connectivity index (χ3n) is 4.32. The van der Waals surface area contributed by atoms with Crippen LogP contribution in [-0.2, 0) is 12.8 Å². The second-order valence-electron chi connectivity index (χ2n) is 6.04. The molecule has 0 bridgehead atoms. The summed E-state index contributed by atoms with van der Waals surface area (Å²) in [6, 6.07) is 13.6. The van der Waals surface area contributed by atoms with E-state index in [4.69, 9.17) is 0 Å². The summed E-state index contributed by atoms with van der Waals surface area (Å²) in [5.74, 6) is 0. The van der Waals surface area contributed by atoms with E-state index < -0.39 is 0 Å². The molecule has 3 rings (SSSR count). The van der Waals surface area contributed by atoms with E-state index >= 15 is 0 Å². The second kappa shape index (κ2) is 6.73. The van der Waals surface area contributed by atoms with Crippen molar-refractivity contribution in [3.05, 3.63) is 57.8 Å². The predicted octanol–water partition coefficient (Wildman–Crippen LogP) is 3.71. The van der Waals surface area contributed by atoms with Gasteiger partial charge in [-0.3, -0.25) is 0 Å². The third-order valence-corrected chi connectivity index (χ3v) is 5.29. The largest absolute Gasteiger partial charge is 0.388 e. The zero-order valence-corrected chi connectivity index (χ0v) is 13.3. The Morgan fingerprint density at radius 2 is 2.05 bits per heavy atom. The molecule has 2 aromatic rings. The van der Waals surface area contributed by atoms with Gasteiger partial charge in [0.1, 0.15) is 0 Å². The summed E-state index contributed by atoms with van der Waals surface area (Å²) in [4.78, 5) is 1.07. The van der Waals surface area contributed by atoms with Crippen molar-refractivity contribution >= 4 is 11.3 Å². The zero-order chi connectivity index (χ0) is 14.7. The fraction of sp³-hybridized carbons (Fsp3) is 0.444. The predicted molar refractivity (Wildman–Crippen MR) is 88.7 cm³/mol. The summed E-state index contributed by atoms with van der Waals surface area (Å²) < 4.78 is 0. The number of thiophene rings is 1. The van der Waals surface area contributed by atoms with Crippen molar-refractivity contribution in [3.63, 3.8) is 0 Å². The Morgan fingerprint density at radius 3 is 2.81 bits per heavy atom. The Labute approximate surface area is 130 Å². The Kier molecular flexibility index (Phi) is 4.73. The SMILES string of the molecule is CC(CC(O)c1cccs1)NC1CCc2ccccc2C1. The van der Waals surface area contributed by atoms with Crippen molar-refractivity contribution in [3.8, 4) is 0 Å². The number of nitrogens with one attached hydrogen (secondary N) is 1. The highest BCUT2D eigenvalue weighted by atomic mass is 32.1. The minimum absolute atomic E-state index is 0.331. The van der Waals surface area contributed by atoms with Crippen molar-refractivity contribution in [2.75, 3.05) is 0 Å². The lowest BCUT2D eigenvalue weighted by Gasteiger charge is -2.29. The van der Waals surface area contributed by atoms with E-state index in [2.05, 4.69) is 36.5 Å². The van der Waals surface area contributed by atoms with Gasteiger partial charge in [-0.05, 0) is 55.2 Å². The molecule has 21 heavy (non-hydrogen) atoms. The van der Waals surface area contributed by atoms with Crippen LogP contribution in [0.3, 0.4) is 0 Å². The van der Waals surface area contributed by atoms with Crippen LogP contribution in [0.1, 0.15) is 41.9 Å². The lowest BCUT2D eigenvalue weighted by molar-refractivity contribution is 0.154. The van der Waals surface area contributed by atoms with Gasteiger partial charge in [-0.25, -0.2) is 0 Å². The van der Waals surface area contributed by atoms with Gasteiger partial charge < -0.3 is 10.4 Å². The van der Waals surface area contributed by atoms with Crippen LogP contribution < -0.4 is 5.32 Å². The molecule has 0 spiro atoms. The van der Waals surface area contributed by atoms with Gasteiger partial charge in [0.05, 0.1) is 6.10 Å². The maximum atomic E-state index is 10.2. The van der Waals surface area contributed by atoms with Crippen LogP contribution in [0.4, 0.5) is 0 Å². The van der Waals surface area contributed by atoms with E-state index in [9.17, 15) is 5.11 Å². The number of hydrogen-bond acceptors (Lipinski definition) is 3.